The Hall–Kier alpha value is -0.880. The van der Waals surface area contributed by atoms with Crippen molar-refractivity contribution in [3.05, 3.63) is 24.5 Å². The monoisotopic (exact) mass is 296 g/mol. The van der Waals surface area contributed by atoms with Gasteiger partial charge in [0.2, 0.25) is 0 Å². The molecule has 3 heterocycles. The molecule has 1 unspecified atom stereocenters. The Kier molecular flexibility index (Phi) is 2.69. The van der Waals surface area contributed by atoms with Gasteiger partial charge >= 0.3 is 0 Å². The molecule has 0 radical (unpaired) electrons. The molecule has 1 atom stereocenters. The number of halogens is 1. The van der Waals surface area contributed by atoms with E-state index in [4.69, 9.17) is 0 Å². The molecule has 1 aliphatic rings. The van der Waals surface area contributed by atoms with Crippen molar-refractivity contribution in [2.24, 2.45) is 0 Å². The molecule has 0 amide bonds. The lowest BCUT2D eigenvalue weighted by Crippen LogP contribution is -2.07. The molecule has 0 aromatic carbocycles. The summed E-state index contributed by atoms with van der Waals surface area (Å²) in [6.07, 6.45) is 3.56. The number of fused-ring (bicyclic) bond motifs is 1. The van der Waals surface area contributed by atoms with Crippen molar-refractivity contribution >= 4 is 27.7 Å². The van der Waals surface area contributed by atoms with Gasteiger partial charge in [0.25, 0.3) is 0 Å². The fourth-order valence-electron chi connectivity index (χ4n) is 1.73. The highest BCUT2D eigenvalue weighted by Crippen LogP contribution is 2.34. The van der Waals surface area contributed by atoms with E-state index in [9.17, 15) is 0 Å². The summed E-state index contributed by atoms with van der Waals surface area (Å²) in [5.74, 6) is 0.938. The van der Waals surface area contributed by atoms with Crippen LogP contribution in [0.3, 0.4) is 0 Å². The summed E-state index contributed by atoms with van der Waals surface area (Å²) in [7, 11) is 0. The first kappa shape index (κ1) is 10.3. The van der Waals surface area contributed by atoms with Gasteiger partial charge in [-0.1, -0.05) is 27.7 Å². The van der Waals surface area contributed by atoms with Crippen LogP contribution >= 0.6 is 27.7 Å². The first-order valence-corrected chi connectivity index (χ1v) is 6.95. The molecule has 0 N–H and O–H groups in total. The minimum atomic E-state index is 0.561. The van der Waals surface area contributed by atoms with Gasteiger partial charge in [-0.3, -0.25) is 4.98 Å². The van der Waals surface area contributed by atoms with Gasteiger partial charge in [-0.15, -0.1) is 10.2 Å². The van der Waals surface area contributed by atoms with Crippen LogP contribution in [0.4, 0.5) is 0 Å². The average molecular weight is 297 g/mol. The number of rotatable bonds is 2. The number of aromatic nitrogens is 4. The molecule has 0 bridgehead atoms. The summed E-state index contributed by atoms with van der Waals surface area (Å²) in [6.45, 7) is 0.968. The quantitative estimate of drug-likeness (QED) is 0.797. The minimum Gasteiger partial charge on any atom is -0.301 e. The third-order valence-corrected chi connectivity index (χ3v) is 4.86. The Morgan fingerprint density at radius 3 is 2.94 bits per heavy atom. The molecule has 2 aromatic rings. The Labute approximate surface area is 106 Å². The normalized spacial score (nSPS) is 18.7. The number of pyridine rings is 1. The van der Waals surface area contributed by atoms with Crippen LogP contribution in [0.2, 0.25) is 0 Å². The van der Waals surface area contributed by atoms with E-state index in [0.717, 1.165) is 28.4 Å². The van der Waals surface area contributed by atoms with E-state index < -0.39 is 0 Å². The van der Waals surface area contributed by atoms with Crippen LogP contribution in [0.25, 0.3) is 11.4 Å². The number of hydrogen-bond acceptors (Lipinski definition) is 4. The van der Waals surface area contributed by atoms with E-state index in [1.54, 1.807) is 24.2 Å². The van der Waals surface area contributed by atoms with Crippen molar-refractivity contribution in [2.45, 2.75) is 17.0 Å². The third kappa shape index (κ3) is 1.66. The molecule has 0 spiro atoms. The zero-order valence-corrected chi connectivity index (χ0v) is 10.8. The highest BCUT2D eigenvalue weighted by Gasteiger charge is 2.26. The molecule has 0 saturated heterocycles. The molecule has 0 saturated carbocycles. The highest BCUT2D eigenvalue weighted by atomic mass is 79.9. The molecule has 3 rings (SSSR count). The van der Waals surface area contributed by atoms with Crippen LogP contribution in [-0.4, -0.2) is 30.3 Å². The topological polar surface area (TPSA) is 43.6 Å². The number of alkyl halides is 1. The van der Waals surface area contributed by atoms with Gasteiger partial charge in [-0.05, 0) is 12.1 Å². The lowest BCUT2D eigenvalue weighted by Gasteiger charge is -2.04. The molecule has 6 heteroatoms. The van der Waals surface area contributed by atoms with E-state index in [1.165, 1.54) is 0 Å². The van der Waals surface area contributed by atoms with Crippen molar-refractivity contribution in [2.75, 3.05) is 5.33 Å². The summed E-state index contributed by atoms with van der Waals surface area (Å²) in [5.41, 5.74) is 1.07. The number of nitrogens with zero attached hydrogens (tertiary/aromatic N) is 4. The maximum Gasteiger partial charge on any atom is 0.191 e. The van der Waals surface area contributed by atoms with Gasteiger partial charge in [0, 0.05) is 35.1 Å². The lowest BCUT2D eigenvalue weighted by atomic mass is 10.2. The predicted octanol–water partition coefficient (Wildman–Crippen LogP) is 2.21. The van der Waals surface area contributed by atoms with Crippen LogP contribution in [0.15, 0.2) is 29.7 Å². The van der Waals surface area contributed by atoms with Gasteiger partial charge in [0.1, 0.15) is 0 Å². The fraction of sp³-hybridized carbons (Fsp3) is 0.300. The van der Waals surface area contributed by atoms with Crippen LogP contribution in [-0.2, 0) is 6.54 Å². The summed E-state index contributed by atoms with van der Waals surface area (Å²) in [4.78, 5) is 4.01. The SMILES string of the molecule is BrCC1Cn2c(nnc2-c2ccncc2)S1. The summed E-state index contributed by atoms with van der Waals surface area (Å²) < 4.78 is 2.17. The van der Waals surface area contributed by atoms with Crippen LogP contribution in [0.5, 0.6) is 0 Å². The minimum absolute atomic E-state index is 0.561. The number of thioether (sulfide) groups is 1. The lowest BCUT2D eigenvalue weighted by molar-refractivity contribution is 0.679. The van der Waals surface area contributed by atoms with Crippen LogP contribution in [0, 0.1) is 0 Å². The van der Waals surface area contributed by atoms with E-state index in [0.29, 0.717) is 5.25 Å². The zero-order chi connectivity index (χ0) is 11.0. The largest absolute Gasteiger partial charge is 0.301 e. The average Bonchev–Trinajstić information content (AvgIpc) is 2.88. The molecule has 4 nitrogen and oxygen atoms in total. The Morgan fingerprint density at radius 2 is 2.19 bits per heavy atom. The second-order valence-electron chi connectivity index (χ2n) is 3.55. The first-order valence-electron chi connectivity index (χ1n) is 4.94. The van der Waals surface area contributed by atoms with Crippen molar-refractivity contribution in [3.8, 4) is 11.4 Å². The summed E-state index contributed by atoms with van der Waals surface area (Å²) in [6, 6.07) is 3.92. The van der Waals surface area contributed by atoms with E-state index in [-0.39, 0.29) is 0 Å². The Balaban J connectivity index is 2.00. The summed E-state index contributed by atoms with van der Waals surface area (Å²) in [5, 5.41) is 11.0. The third-order valence-electron chi connectivity index (χ3n) is 2.49. The Morgan fingerprint density at radius 1 is 1.38 bits per heavy atom. The molecule has 0 aliphatic carbocycles. The molecule has 82 valence electrons. The van der Waals surface area contributed by atoms with Gasteiger partial charge in [-0.25, -0.2) is 0 Å². The standard InChI is InChI=1S/C10H9BrN4S/c11-5-8-6-15-9(13-14-10(15)16-8)7-1-3-12-4-2-7/h1-4,8H,5-6H2. The molecule has 2 aromatic heterocycles. The smallest absolute Gasteiger partial charge is 0.191 e. The van der Waals surface area contributed by atoms with Crippen LogP contribution < -0.4 is 0 Å². The maximum atomic E-state index is 4.23. The van der Waals surface area contributed by atoms with Crippen molar-refractivity contribution < 1.29 is 0 Å². The molecule has 1 aliphatic heterocycles. The van der Waals surface area contributed by atoms with Crippen molar-refractivity contribution in [1.29, 1.82) is 0 Å². The van der Waals surface area contributed by atoms with Gasteiger partial charge < -0.3 is 4.57 Å². The molecular weight excluding hydrogens is 288 g/mol. The van der Waals surface area contributed by atoms with Gasteiger partial charge in [-0.2, -0.15) is 0 Å². The molecular formula is C10H9BrN4S. The molecule has 16 heavy (non-hydrogen) atoms. The maximum absolute atomic E-state index is 4.23. The van der Waals surface area contributed by atoms with E-state index in [1.807, 2.05) is 12.1 Å². The van der Waals surface area contributed by atoms with Gasteiger partial charge in [0.05, 0.1) is 0 Å². The number of hydrogen-bond donors (Lipinski definition) is 0. The first-order chi connectivity index (χ1) is 7.88. The zero-order valence-electron chi connectivity index (χ0n) is 8.38. The van der Waals surface area contributed by atoms with Crippen molar-refractivity contribution in [1.82, 2.24) is 19.7 Å². The fourth-order valence-corrected chi connectivity index (χ4v) is 3.29. The van der Waals surface area contributed by atoms with Crippen molar-refractivity contribution in [3.63, 3.8) is 0 Å². The van der Waals surface area contributed by atoms with E-state index in [2.05, 4.69) is 35.7 Å². The van der Waals surface area contributed by atoms with Crippen LogP contribution in [0.1, 0.15) is 0 Å². The highest BCUT2D eigenvalue weighted by molar-refractivity contribution is 9.09. The predicted molar refractivity (Wildman–Crippen MR) is 66.7 cm³/mol. The Bertz CT molecular complexity index is 499. The van der Waals surface area contributed by atoms with Gasteiger partial charge in [0.15, 0.2) is 11.0 Å². The second kappa shape index (κ2) is 4.18. The second-order valence-corrected chi connectivity index (χ2v) is 5.46. The summed E-state index contributed by atoms with van der Waals surface area (Å²) >= 11 is 5.29. The van der Waals surface area contributed by atoms with E-state index >= 15 is 0 Å². The molecule has 0 fully saturated rings.